The van der Waals surface area contributed by atoms with Gasteiger partial charge in [-0.2, -0.15) is 36.1 Å². The molecule has 10 heteroatoms. The predicted octanol–water partition coefficient (Wildman–Crippen LogP) is 1.31. The summed E-state index contributed by atoms with van der Waals surface area (Å²) in [5.41, 5.74) is 0.837. The van der Waals surface area contributed by atoms with Crippen molar-refractivity contribution >= 4 is 28.9 Å². The minimum atomic E-state index is -0.651. The molecule has 3 rings (SSSR count). The first-order valence-corrected chi connectivity index (χ1v) is 7.25. The van der Waals surface area contributed by atoms with Gasteiger partial charge in [-0.25, -0.2) is 4.98 Å². The van der Waals surface area contributed by atoms with E-state index in [1.807, 2.05) is 16.8 Å². The number of anilines is 1. The third-order valence-corrected chi connectivity index (χ3v) is 3.47. The molecule has 0 aliphatic rings. The van der Waals surface area contributed by atoms with Gasteiger partial charge >= 0.3 is 0 Å². The van der Waals surface area contributed by atoms with E-state index >= 15 is 0 Å². The molecule has 3 heterocycles. The Morgan fingerprint density at radius 2 is 2.29 bits per heavy atom. The van der Waals surface area contributed by atoms with Crippen molar-refractivity contribution in [2.75, 3.05) is 11.9 Å². The van der Waals surface area contributed by atoms with Crippen molar-refractivity contribution in [3.8, 4) is 5.95 Å². The molecular formula is C11H10ClN7OS. The maximum Gasteiger partial charge on any atom is 0.258 e. The first-order chi connectivity index (χ1) is 10.2. The summed E-state index contributed by atoms with van der Waals surface area (Å²) in [7, 11) is 0. The van der Waals surface area contributed by atoms with Gasteiger partial charge in [-0.3, -0.25) is 0 Å². The fraction of sp³-hybridized carbons (Fsp3) is 0.182. The molecule has 0 aromatic carbocycles. The largest absolute Gasteiger partial charge is 0.387 e. The Morgan fingerprint density at radius 1 is 1.38 bits per heavy atom. The van der Waals surface area contributed by atoms with E-state index in [0.29, 0.717) is 0 Å². The smallest absolute Gasteiger partial charge is 0.258 e. The number of thiophene rings is 1. The Hall–Kier alpha value is -2.10. The summed E-state index contributed by atoms with van der Waals surface area (Å²) in [6.45, 7) is 0.258. The summed E-state index contributed by atoms with van der Waals surface area (Å²) in [6.07, 6.45) is 2.17. The Bertz CT molecular complexity index is 703. The van der Waals surface area contributed by atoms with Crippen LogP contribution in [0.1, 0.15) is 11.7 Å². The number of hydrogen-bond acceptors (Lipinski definition) is 8. The second-order valence-electron chi connectivity index (χ2n) is 4.02. The van der Waals surface area contributed by atoms with E-state index in [1.54, 1.807) is 0 Å². The van der Waals surface area contributed by atoms with Crippen LogP contribution in [0.5, 0.6) is 0 Å². The molecule has 0 saturated carbocycles. The van der Waals surface area contributed by atoms with Crippen LogP contribution in [0.25, 0.3) is 5.95 Å². The second kappa shape index (κ2) is 6.12. The number of aliphatic hydroxyl groups is 1. The SMILES string of the molecule is OC(CNc1nc(Cl)nc(-n2cncn2)n1)c1ccsc1. The lowest BCUT2D eigenvalue weighted by atomic mass is 10.2. The number of halogens is 1. The normalized spacial score (nSPS) is 12.3. The quantitative estimate of drug-likeness (QED) is 0.730. The van der Waals surface area contributed by atoms with Crippen LogP contribution < -0.4 is 5.32 Å². The van der Waals surface area contributed by atoms with Gasteiger partial charge in [0.2, 0.25) is 11.2 Å². The van der Waals surface area contributed by atoms with Gasteiger partial charge in [-0.05, 0) is 34.0 Å². The molecule has 0 amide bonds. The molecule has 0 aliphatic heterocycles. The molecule has 1 atom stereocenters. The number of rotatable bonds is 5. The molecule has 1 unspecified atom stereocenters. The molecule has 8 nitrogen and oxygen atoms in total. The van der Waals surface area contributed by atoms with Crippen LogP contribution in [0, 0.1) is 0 Å². The average molecular weight is 324 g/mol. The van der Waals surface area contributed by atoms with Crippen molar-refractivity contribution in [1.82, 2.24) is 29.7 Å². The molecule has 0 aliphatic carbocycles. The van der Waals surface area contributed by atoms with E-state index in [1.165, 1.54) is 28.7 Å². The van der Waals surface area contributed by atoms with Gasteiger partial charge in [0.1, 0.15) is 12.7 Å². The highest BCUT2D eigenvalue weighted by Gasteiger charge is 2.11. The lowest BCUT2D eigenvalue weighted by molar-refractivity contribution is 0.192. The molecule has 0 fully saturated rings. The van der Waals surface area contributed by atoms with E-state index in [4.69, 9.17) is 11.6 Å². The van der Waals surface area contributed by atoms with Crippen molar-refractivity contribution in [1.29, 1.82) is 0 Å². The van der Waals surface area contributed by atoms with Crippen LogP contribution in [-0.2, 0) is 0 Å². The van der Waals surface area contributed by atoms with Gasteiger partial charge in [0.25, 0.3) is 5.95 Å². The summed E-state index contributed by atoms with van der Waals surface area (Å²) < 4.78 is 1.37. The monoisotopic (exact) mass is 323 g/mol. The first kappa shape index (κ1) is 13.9. The molecule has 3 aromatic heterocycles. The minimum absolute atomic E-state index is 0.0306. The molecular weight excluding hydrogens is 314 g/mol. The Labute approximate surface area is 128 Å². The second-order valence-corrected chi connectivity index (χ2v) is 5.14. The average Bonchev–Trinajstić information content (AvgIpc) is 3.16. The Morgan fingerprint density at radius 3 is 3.00 bits per heavy atom. The summed E-state index contributed by atoms with van der Waals surface area (Å²) >= 11 is 7.38. The summed E-state index contributed by atoms with van der Waals surface area (Å²) in [6, 6.07) is 1.86. The minimum Gasteiger partial charge on any atom is -0.387 e. The number of nitrogens with zero attached hydrogens (tertiary/aromatic N) is 6. The molecule has 3 aromatic rings. The standard InChI is InChI=1S/C11H10ClN7OS/c12-9-16-10(14-3-8(20)7-1-2-21-4-7)18-11(17-9)19-6-13-5-15-19/h1-2,4-6,8,20H,3H2,(H,14,16,17,18). The van der Waals surface area contributed by atoms with Crippen molar-refractivity contribution in [2.45, 2.75) is 6.10 Å². The van der Waals surface area contributed by atoms with Gasteiger partial charge in [0.15, 0.2) is 0 Å². The maximum atomic E-state index is 10.0. The van der Waals surface area contributed by atoms with Crippen molar-refractivity contribution < 1.29 is 5.11 Å². The van der Waals surface area contributed by atoms with E-state index in [9.17, 15) is 5.11 Å². The van der Waals surface area contributed by atoms with E-state index in [0.717, 1.165) is 5.56 Å². The lowest BCUT2D eigenvalue weighted by Crippen LogP contribution is -2.15. The summed E-state index contributed by atoms with van der Waals surface area (Å²) in [4.78, 5) is 15.9. The van der Waals surface area contributed by atoms with E-state index in [-0.39, 0.29) is 23.7 Å². The molecule has 0 spiro atoms. The zero-order valence-electron chi connectivity index (χ0n) is 10.6. The summed E-state index contributed by atoms with van der Waals surface area (Å²) in [5.74, 6) is 0.509. The fourth-order valence-corrected chi connectivity index (χ4v) is 2.47. The van der Waals surface area contributed by atoms with Crippen LogP contribution in [-0.4, -0.2) is 41.4 Å². The maximum absolute atomic E-state index is 10.0. The highest BCUT2D eigenvalue weighted by molar-refractivity contribution is 7.07. The van der Waals surface area contributed by atoms with E-state index < -0.39 is 6.10 Å². The first-order valence-electron chi connectivity index (χ1n) is 5.93. The molecule has 0 saturated heterocycles. The van der Waals surface area contributed by atoms with Crippen molar-refractivity contribution in [2.24, 2.45) is 0 Å². The van der Waals surface area contributed by atoms with Crippen molar-refractivity contribution in [3.63, 3.8) is 0 Å². The number of aromatic nitrogens is 6. The van der Waals surface area contributed by atoms with Crippen LogP contribution in [0.2, 0.25) is 5.28 Å². The number of aliphatic hydroxyl groups excluding tert-OH is 1. The van der Waals surface area contributed by atoms with Crippen LogP contribution >= 0.6 is 22.9 Å². The number of hydrogen-bond donors (Lipinski definition) is 2. The number of nitrogens with one attached hydrogen (secondary N) is 1. The van der Waals surface area contributed by atoms with Crippen LogP contribution in [0.4, 0.5) is 5.95 Å². The Kier molecular flexibility index (Phi) is 4.04. The third-order valence-electron chi connectivity index (χ3n) is 2.60. The Balaban J connectivity index is 1.74. The van der Waals surface area contributed by atoms with Gasteiger partial charge in [0.05, 0.1) is 6.10 Å². The predicted molar refractivity (Wildman–Crippen MR) is 77.5 cm³/mol. The highest BCUT2D eigenvalue weighted by Crippen LogP contribution is 2.17. The highest BCUT2D eigenvalue weighted by atomic mass is 35.5. The topological polar surface area (TPSA) is 102 Å². The molecule has 108 valence electrons. The third kappa shape index (κ3) is 3.32. The van der Waals surface area contributed by atoms with E-state index in [2.05, 4.69) is 30.4 Å². The molecule has 0 bridgehead atoms. The van der Waals surface area contributed by atoms with Gasteiger partial charge < -0.3 is 10.4 Å². The van der Waals surface area contributed by atoms with Gasteiger partial charge in [-0.15, -0.1) is 0 Å². The van der Waals surface area contributed by atoms with Crippen molar-refractivity contribution in [3.05, 3.63) is 40.3 Å². The van der Waals surface area contributed by atoms with Gasteiger partial charge in [-0.1, -0.05) is 0 Å². The molecule has 0 radical (unpaired) electrons. The zero-order valence-corrected chi connectivity index (χ0v) is 12.2. The van der Waals surface area contributed by atoms with Crippen LogP contribution in [0.3, 0.4) is 0 Å². The summed E-state index contributed by atoms with van der Waals surface area (Å²) in [5, 5.41) is 20.7. The molecule has 21 heavy (non-hydrogen) atoms. The lowest BCUT2D eigenvalue weighted by Gasteiger charge is -2.10. The molecule has 2 N–H and O–H groups in total. The van der Waals surface area contributed by atoms with Gasteiger partial charge in [0, 0.05) is 6.54 Å². The fourth-order valence-electron chi connectivity index (χ4n) is 1.60. The van der Waals surface area contributed by atoms with Crippen LogP contribution in [0.15, 0.2) is 29.5 Å². The zero-order chi connectivity index (χ0) is 14.7.